The predicted octanol–water partition coefficient (Wildman–Crippen LogP) is 1.25. The van der Waals surface area contributed by atoms with Gasteiger partial charge in [0.2, 0.25) is 0 Å². The van der Waals surface area contributed by atoms with Gasteiger partial charge < -0.3 is 0 Å². The average molecular weight is 386 g/mol. The molecule has 9 heteroatoms. The third-order valence-electron chi connectivity index (χ3n) is 4.11. The van der Waals surface area contributed by atoms with Crippen LogP contribution < -0.4 is 16.4 Å². The first-order valence-corrected chi connectivity index (χ1v) is 8.59. The minimum atomic E-state index is -0.678. The van der Waals surface area contributed by atoms with Gasteiger partial charge in [-0.25, -0.2) is 4.98 Å². The lowest BCUT2D eigenvalue weighted by atomic mass is 10.1. The summed E-state index contributed by atoms with van der Waals surface area (Å²) in [6.07, 6.45) is 4.06. The summed E-state index contributed by atoms with van der Waals surface area (Å²) in [6, 6.07) is 15.4. The van der Waals surface area contributed by atoms with Crippen LogP contribution in [0.2, 0.25) is 0 Å². The Morgan fingerprint density at radius 3 is 2.24 bits per heavy atom. The first-order valence-electron chi connectivity index (χ1n) is 8.59. The fourth-order valence-electron chi connectivity index (χ4n) is 2.75. The number of hydrogen-bond acceptors (Lipinski definition) is 6. The molecular weight excluding hydrogens is 372 g/mol. The molecule has 0 bridgehead atoms. The van der Waals surface area contributed by atoms with E-state index in [2.05, 4.69) is 25.9 Å². The summed E-state index contributed by atoms with van der Waals surface area (Å²) >= 11 is 0. The van der Waals surface area contributed by atoms with Crippen molar-refractivity contribution in [3.63, 3.8) is 0 Å². The van der Waals surface area contributed by atoms with Crippen molar-refractivity contribution >= 4 is 22.6 Å². The standard InChI is InChI=1S/C20H14N6O3/c27-18(16-12-21-10-11-22-16)23-24-19(28)17-14-8-4-5-9-15(14)20(29)26(25-17)13-6-2-1-3-7-13/h1-12H,(H,23,27)(H,24,28). The molecule has 2 heterocycles. The maximum absolute atomic E-state index is 12.8. The van der Waals surface area contributed by atoms with Gasteiger partial charge in [0.05, 0.1) is 17.3 Å². The van der Waals surface area contributed by atoms with Crippen LogP contribution in [0.5, 0.6) is 0 Å². The van der Waals surface area contributed by atoms with E-state index in [0.717, 1.165) is 4.68 Å². The topological polar surface area (TPSA) is 119 Å². The van der Waals surface area contributed by atoms with Gasteiger partial charge in [-0.1, -0.05) is 36.4 Å². The monoisotopic (exact) mass is 386 g/mol. The van der Waals surface area contributed by atoms with Crippen LogP contribution in [0, 0.1) is 0 Å². The third kappa shape index (κ3) is 3.56. The summed E-state index contributed by atoms with van der Waals surface area (Å²) < 4.78 is 1.15. The number of nitrogens with zero attached hydrogens (tertiary/aromatic N) is 4. The molecule has 2 amide bonds. The van der Waals surface area contributed by atoms with Gasteiger partial charge in [0, 0.05) is 17.8 Å². The lowest BCUT2D eigenvalue weighted by molar-refractivity contribution is 0.0841. The Morgan fingerprint density at radius 2 is 1.52 bits per heavy atom. The molecule has 142 valence electrons. The SMILES string of the molecule is O=C(NNC(=O)c1nn(-c2ccccc2)c(=O)c2ccccc12)c1cnccn1. The average Bonchev–Trinajstić information content (AvgIpc) is 2.79. The number of amides is 2. The molecule has 0 fully saturated rings. The highest BCUT2D eigenvalue weighted by Gasteiger charge is 2.18. The van der Waals surface area contributed by atoms with Crippen molar-refractivity contribution in [3.05, 3.63) is 94.9 Å². The van der Waals surface area contributed by atoms with Gasteiger partial charge in [-0.05, 0) is 18.2 Å². The second kappa shape index (κ2) is 7.69. The van der Waals surface area contributed by atoms with Crippen molar-refractivity contribution in [2.45, 2.75) is 0 Å². The molecule has 0 spiro atoms. The molecule has 0 unspecified atom stereocenters. The number of carbonyl (C=O) groups excluding carboxylic acids is 2. The molecule has 4 rings (SSSR count). The number of fused-ring (bicyclic) bond motifs is 1. The molecule has 0 aliphatic heterocycles. The van der Waals surface area contributed by atoms with Crippen LogP contribution in [0.1, 0.15) is 21.0 Å². The third-order valence-corrected chi connectivity index (χ3v) is 4.11. The molecule has 0 saturated carbocycles. The van der Waals surface area contributed by atoms with Crippen LogP contribution in [0.25, 0.3) is 16.5 Å². The van der Waals surface area contributed by atoms with Gasteiger partial charge in [-0.15, -0.1) is 0 Å². The van der Waals surface area contributed by atoms with Crippen molar-refractivity contribution in [3.8, 4) is 5.69 Å². The van der Waals surface area contributed by atoms with Gasteiger partial charge in [-0.3, -0.25) is 30.2 Å². The number of rotatable bonds is 3. The normalized spacial score (nSPS) is 10.5. The van der Waals surface area contributed by atoms with E-state index in [1.807, 2.05) is 6.07 Å². The zero-order chi connectivity index (χ0) is 20.2. The van der Waals surface area contributed by atoms with E-state index >= 15 is 0 Å². The first kappa shape index (κ1) is 18.0. The highest BCUT2D eigenvalue weighted by Crippen LogP contribution is 2.15. The molecule has 0 radical (unpaired) electrons. The lowest BCUT2D eigenvalue weighted by Crippen LogP contribution is -2.43. The summed E-state index contributed by atoms with van der Waals surface area (Å²) in [5, 5.41) is 4.94. The Labute approximate surface area is 164 Å². The van der Waals surface area contributed by atoms with Crippen LogP contribution in [-0.4, -0.2) is 31.6 Å². The zero-order valence-electron chi connectivity index (χ0n) is 14.9. The highest BCUT2D eigenvalue weighted by atomic mass is 16.2. The van der Waals surface area contributed by atoms with Gasteiger partial charge in [-0.2, -0.15) is 9.78 Å². The number of aromatic nitrogens is 4. The molecule has 0 atom stereocenters. The summed E-state index contributed by atoms with van der Waals surface area (Å²) in [5.74, 6) is -1.31. The smallest absolute Gasteiger partial charge is 0.267 e. The maximum atomic E-state index is 12.8. The van der Waals surface area contributed by atoms with E-state index in [1.54, 1.807) is 48.5 Å². The van der Waals surface area contributed by atoms with Crippen LogP contribution in [0.15, 0.2) is 78.0 Å². The minimum Gasteiger partial charge on any atom is -0.267 e. The van der Waals surface area contributed by atoms with E-state index in [-0.39, 0.29) is 16.9 Å². The number of nitrogens with one attached hydrogen (secondary N) is 2. The van der Waals surface area contributed by atoms with Crippen LogP contribution in [0.4, 0.5) is 0 Å². The minimum absolute atomic E-state index is 0.0106. The molecule has 2 aromatic heterocycles. The summed E-state index contributed by atoms with van der Waals surface area (Å²) in [6.45, 7) is 0. The molecule has 0 aliphatic carbocycles. The van der Waals surface area contributed by atoms with Crippen molar-refractivity contribution in [1.29, 1.82) is 0 Å². The van der Waals surface area contributed by atoms with Gasteiger partial charge in [0.25, 0.3) is 17.4 Å². The van der Waals surface area contributed by atoms with Crippen molar-refractivity contribution < 1.29 is 9.59 Å². The number of para-hydroxylation sites is 1. The Bertz CT molecular complexity index is 1260. The number of hydrazine groups is 1. The van der Waals surface area contributed by atoms with Crippen molar-refractivity contribution in [2.24, 2.45) is 0 Å². The second-order valence-electron chi connectivity index (χ2n) is 5.95. The fourth-order valence-corrected chi connectivity index (χ4v) is 2.75. The molecule has 9 nitrogen and oxygen atoms in total. The molecule has 0 saturated heterocycles. The van der Waals surface area contributed by atoms with Crippen LogP contribution in [-0.2, 0) is 0 Å². The molecule has 0 aliphatic rings. The lowest BCUT2D eigenvalue weighted by Gasteiger charge is -2.11. The van der Waals surface area contributed by atoms with Gasteiger partial charge >= 0.3 is 0 Å². The molecule has 29 heavy (non-hydrogen) atoms. The largest absolute Gasteiger partial charge is 0.290 e. The maximum Gasteiger partial charge on any atom is 0.290 e. The molecule has 4 aromatic rings. The van der Waals surface area contributed by atoms with E-state index < -0.39 is 11.8 Å². The summed E-state index contributed by atoms with van der Waals surface area (Å²) in [4.78, 5) is 45.3. The van der Waals surface area contributed by atoms with Gasteiger partial charge in [0.1, 0.15) is 5.69 Å². The highest BCUT2D eigenvalue weighted by molar-refractivity contribution is 6.05. The quantitative estimate of drug-likeness (QED) is 0.512. The summed E-state index contributed by atoms with van der Waals surface area (Å²) in [5.41, 5.74) is 4.76. The van der Waals surface area contributed by atoms with Crippen molar-refractivity contribution in [1.82, 2.24) is 30.6 Å². The molecule has 2 N–H and O–H groups in total. The Kier molecular flexibility index (Phi) is 4.77. The number of hydrogen-bond donors (Lipinski definition) is 2. The Balaban J connectivity index is 1.71. The van der Waals surface area contributed by atoms with Crippen LogP contribution >= 0.6 is 0 Å². The summed E-state index contributed by atoms with van der Waals surface area (Å²) in [7, 11) is 0. The second-order valence-corrected chi connectivity index (χ2v) is 5.95. The van der Waals surface area contributed by atoms with Crippen molar-refractivity contribution in [2.75, 3.05) is 0 Å². The predicted molar refractivity (Wildman–Crippen MR) is 104 cm³/mol. The van der Waals surface area contributed by atoms with E-state index in [1.165, 1.54) is 18.6 Å². The van der Waals surface area contributed by atoms with E-state index in [9.17, 15) is 14.4 Å². The number of benzene rings is 2. The Morgan fingerprint density at radius 1 is 0.828 bits per heavy atom. The molecule has 2 aromatic carbocycles. The van der Waals surface area contributed by atoms with Gasteiger partial charge in [0.15, 0.2) is 5.69 Å². The Hall–Kier alpha value is -4.40. The molecular formula is C20H14N6O3. The fraction of sp³-hybridized carbons (Fsp3) is 0. The first-order chi connectivity index (χ1) is 14.1. The van der Waals surface area contributed by atoms with E-state index in [4.69, 9.17) is 0 Å². The van der Waals surface area contributed by atoms with E-state index in [0.29, 0.717) is 16.5 Å². The van der Waals surface area contributed by atoms with Crippen LogP contribution in [0.3, 0.4) is 0 Å². The zero-order valence-corrected chi connectivity index (χ0v) is 14.9. The number of carbonyl (C=O) groups is 2.